The van der Waals surface area contributed by atoms with Crippen LogP contribution in [0.1, 0.15) is 10.4 Å². The number of hydrogen-bond donors (Lipinski definition) is 0. The Hall–Kier alpha value is -2.33. The molecule has 0 N–H and O–H groups in total. The van der Waals surface area contributed by atoms with Gasteiger partial charge in [-0.3, -0.25) is 0 Å². The van der Waals surface area contributed by atoms with E-state index in [1.807, 2.05) is 0 Å². The van der Waals surface area contributed by atoms with Crippen molar-refractivity contribution in [3.63, 3.8) is 0 Å². The number of hydrogen-bond acceptors (Lipinski definition) is 7. The van der Waals surface area contributed by atoms with Crippen molar-refractivity contribution >= 4 is 27.6 Å². The predicted octanol–water partition coefficient (Wildman–Crippen LogP) is 2.61. The molecule has 0 aromatic heterocycles. The van der Waals surface area contributed by atoms with Crippen molar-refractivity contribution in [3.05, 3.63) is 53.1 Å². The molecule has 0 aliphatic carbocycles. The molecular formula is C20H22ClNO7S. The van der Waals surface area contributed by atoms with Crippen molar-refractivity contribution in [3.8, 4) is 11.5 Å². The lowest BCUT2D eigenvalue weighted by atomic mass is 10.2. The SMILES string of the molecule is COc1ccc(OCCOC(=O)c2cc(S(=O)(=O)N3CCOCC3)ccc2Cl)cc1. The molecule has 0 saturated carbocycles. The molecule has 1 fully saturated rings. The highest BCUT2D eigenvalue weighted by atomic mass is 35.5. The molecule has 0 bridgehead atoms. The molecule has 0 unspecified atom stereocenters. The van der Waals surface area contributed by atoms with Crippen LogP contribution in [0.4, 0.5) is 0 Å². The minimum Gasteiger partial charge on any atom is -0.497 e. The topological polar surface area (TPSA) is 91.4 Å². The van der Waals surface area contributed by atoms with E-state index in [1.165, 1.54) is 22.5 Å². The second kappa shape index (κ2) is 10.1. The lowest BCUT2D eigenvalue weighted by Crippen LogP contribution is -2.40. The average molecular weight is 456 g/mol. The number of ether oxygens (including phenoxy) is 4. The number of rotatable bonds is 8. The summed E-state index contributed by atoms with van der Waals surface area (Å²) in [6.07, 6.45) is 0. The highest BCUT2D eigenvalue weighted by Crippen LogP contribution is 2.24. The van der Waals surface area contributed by atoms with Crippen LogP contribution in [0.25, 0.3) is 0 Å². The lowest BCUT2D eigenvalue weighted by Gasteiger charge is -2.26. The molecule has 1 saturated heterocycles. The van der Waals surface area contributed by atoms with Crippen LogP contribution in [0.3, 0.4) is 0 Å². The molecular weight excluding hydrogens is 434 g/mol. The van der Waals surface area contributed by atoms with E-state index in [4.69, 9.17) is 30.5 Å². The summed E-state index contributed by atoms with van der Waals surface area (Å²) in [5, 5.41) is 0.108. The summed E-state index contributed by atoms with van der Waals surface area (Å²) in [7, 11) is -2.18. The fourth-order valence-corrected chi connectivity index (χ4v) is 4.43. The summed E-state index contributed by atoms with van der Waals surface area (Å²) in [5.41, 5.74) is -0.0181. The lowest BCUT2D eigenvalue weighted by molar-refractivity contribution is 0.0450. The van der Waals surface area contributed by atoms with Crippen molar-refractivity contribution in [2.45, 2.75) is 4.90 Å². The number of nitrogens with zero attached hydrogens (tertiary/aromatic N) is 1. The van der Waals surface area contributed by atoms with Crippen LogP contribution in [-0.2, 0) is 19.5 Å². The molecule has 1 aliphatic rings. The highest BCUT2D eigenvalue weighted by Gasteiger charge is 2.27. The van der Waals surface area contributed by atoms with Crippen molar-refractivity contribution in [2.24, 2.45) is 0 Å². The second-order valence-electron chi connectivity index (χ2n) is 6.32. The molecule has 8 nitrogen and oxygen atoms in total. The van der Waals surface area contributed by atoms with Crippen LogP contribution in [0.15, 0.2) is 47.4 Å². The van der Waals surface area contributed by atoms with E-state index in [1.54, 1.807) is 31.4 Å². The minimum absolute atomic E-state index is 0.0181. The minimum atomic E-state index is -3.75. The number of carbonyl (C=O) groups is 1. The number of morpholine rings is 1. The number of sulfonamides is 1. The largest absolute Gasteiger partial charge is 0.497 e. The van der Waals surface area contributed by atoms with Crippen LogP contribution >= 0.6 is 11.6 Å². The third-order valence-corrected chi connectivity index (χ3v) is 6.63. The number of methoxy groups -OCH3 is 1. The first-order chi connectivity index (χ1) is 14.4. The maximum atomic E-state index is 12.8. The summed E-state index contributed by atoms with van der Waals surface area (Å²) >= 11 is 6.09. The van der Waals surface area contributed by atoms with Crippen molar-refractivity contribution in [1.29, 1.82) is 0 Å². The number of benzene rings is 2. The molecule has 0 amide bonds. The Labute approximate surface area is 180 Å². The van der Waals surface area contributed by atoms with Crippen LogP contribution in [0.2, 0.25) is 5.02 Å². The maximum absolute atomic E-state index is 12.8. The zero-order valence-corrected chi connectivity index (χ0v) is 17.9. The molecule has 10 heteroatoms. The quantitative estimate of drug-likeness (QED) is 0.446. The first-order valence-corrected chi connectivity index (χ1v) is 11.0. The van der Waals surface area contributed by atoms with E-state index in [0.29, 0.717) is 24.7 Å². The highest BCUT2D eigenvalue weighted by molar-refractivity contribution is 7.89. The van der Waals surface area contributed by atoms with Gasteiger partial charge < -0.3 is 18.9 Å². The average Bonchev–Trinajstić information content (AvgIpc) is 2.77. The summed E-state index contributed by atoms with van der Waals surface area (Å²) in [4.78, 5) is 12.4. The molecule has 0 spiro atoms. The van der Waals surface area contributed by atoms with Crippen LogP contribution < -0.4 is 9.47 Å². The monoisotopic (exact) mass is 455 g/mol. The summed E-state index contributed by atoms with van der Waals surface area (Å²) in [6.45, 7) is 1.27. The van der Waals surface area contributed by atoms with Crippen LogP contribution in [-0.4, -0.2) is 65.3 Å². The van der Waals surface area contributed by atoms with Crippen LogP contribution in [0.5, 0.6) is 11.5 Å². The Morgan fingerprint density at radius 2 is 1.73 bits per heavy atom. The molecule has 0 atom stereocenters. The van der Waals surface area contributed by atoms with E-state index in [0.717, 1.165) is 0 Å². The molecule has 30 heavy (non-hydrogen) atoms. The van der Waals surface area contributed by atoms with Gasteiger partial charge in [0, 0.05) is 13.1 Å². The Bertz CT molecular complexity index is 973. The van der Waals surface area contributed by atoms with Gasteiger partial charge in [-0.05, 0) is 42.5 Å². The maximum Gasteiger partial charge on any atom is 0.339 e. The number of esters is 1. The van der Waals surface area contributed by atoms with Gasteiger partial charge in [0.1, 0.15) is 24.7 Å². The van der Waals surface area contributed by atoms with Gasteiger partial charge >= 0.3 is 5.97 Å². The zero-order valence-electron chi connectivity index (χ0n) is 16.4. The van der Waals surface area contributed by atoms with Crippen molar-refractivity contribution in [1.82, 2.24) is 4.31 Å². The van der Waals surface area contributed by atoms with Gasteiger partial charge in [-0.1, -0.05) is 11.6 Å². The van der Waals surface area contributed by atoms with E-state index in [2.05, 4.69) is 0 Å². The third-order valence-electron chi connectivity index (χ3n) is 4.41. The Balaban J connectivity index is 1.60. The molecule has 1 aliphatic heterocycles. The predicted molar refractivity (Wildman–Crippen MR) is 110 cm³/mol. The van der Waals surface area contributed by atoms with E-state index >= 15 is 0 Å². The molecule has 162 valence electrons. The zero-order chi connectivity index (χ0) is 21.6. The fraction of sp³-hybridized carbons (Fsp3) is 0.350. The molecule has 3 rings (SSSR count). The van der Waals surface area contributed by atoms with Gasteiger partial charge in [0.2, 0.25) is 10.0 Å². The van der Waals surface area contributed by atoms with Gasteiger partial charge in [0.25, 0.3) is 0 Å². The van der Waals surface area contributed by atoms with Gasteiger partial charge in [-0.2, -0.15) is 4.31 Å². The fourth-order valence-electron chi connectivity index (χ4n) is 2.80. The summed E-state index contributed by atoms with van der Waals surface area (Å²) in [5.74, 6) is 0.580. The first kappa shape index (κ1) is 22.4. The van der Waals surface area contributed by atoms with Gasteiger partial charge in [0.15, 0.2) is 0 Å². The molecule has 0 radical (unpaired) electrons. The summed E-state index contributed by atoms with van der Waals surface area (Å²) < 4.78 is 47.8. The number of carbonyl (C=O) groups excluding carboxylic acids is 1. The van der Waals surface area contributed by atoms with Gasteiger partial charge in [-0.15, -0.1) is 0 Å². The second-order valence-corrected chi connectivity index (χ2v) is 8.66. The summed E-state index contributed by atoms with van der Waals surface area (Å²) in [6, 6.07) is 11.0. The van der Waals surface area contributed by atoms with E-state index < -0.39 is 16.0 Å². The van der Waals surface area contributed by atoms with E-state index in [-0.39, 0.29) is 41.8 Å². The van der Waals surface area contributed by atoms with Gasteiger partial charge in [-0.25, -0.2) is 13.2 Å². The molecule has 2 aromatic carbocycles. The normalized spacial score (nSPS) is 14.9. The Morgan fingerprint density at radius 3 is 2.40 bits per heavy atom. The Morgan fingerprint density at radius 1 is 1.07 bits per heavy atom. The molecule has 1 heterocycles. The third kappa shape index (κ3) is 5.42. The standard InChI is InChI=1S/C20H22ClNO7S/c1-26-15-2-4-16(5-3-15)28-12-13-29-20(23)18-14-17(6-7-19(18)21)30(24,25)22-8-10-27-11-9-22/h2-7,14H,8-13H2,1H3. The first-order valence-electron chi connectivity index (χ1n) is 9.23. The Kier molecular flexibility index (Phi) is 7.54. The smallest absolute Gasteiger partial charge is 0.339 e. The van der Waals surface area contributed by atoms with E-state index in [9.17, 15) is 13.2 Å². The number of halogens is 1. The van der Waals surface area contributed by atoms with Crippen LogP contribution in [0, 0.1) is 0 Å². The molecule has 2 aromatic rings. The van der Waals surface area contributed by atoms with Crippen molar-refractivity contribution < 1.29 is 32.2 Å². The van der Waals surface area contributed by atoms with Crippen molar-refractivity contribution in [2.75, 3.05) is 46.6 Å². The van der Waals surface area contributed by atoms with Gasteiger partial charge in [0.05, 0.1) is 35.8 Å².